The molecular formula is C10H18N4O2S. The van der Waals surface area contributed by atoms with Crippen LogP contribution in [-0.2, 0) is 10.0 Å². The zero-order valence-corrected chi connectivity index (χ0v) is 10.9. The van der Waals surface area contributed by atoms with Gasteiger partial charge in [-0.3, -0.25) is 0 Å². The first-order valence-electron chi connectivity index (χ1n) is 5.68. The summed E-state index contributed by atoms with van der Waals surface area (Å²) in [4.78, 5) is 6.69. The van der Waals surface area contributed by atoms with Crippen LogP contribution in [0.5, 0.6) is 0 Å². The van der Waals surface area contributed by atoms with Gasteiger partial charge in [0.2, 0.25) is 0 Å². The van der Waals surface area contributed by atoms with Crippen molar-refractivity contribution in [3.63, 3.8) is 0 Å². The molecule has 2 rings (SSSR count). The van der Waals surface area contributed by atoms with Crippen LogP contribution in [0.15, 0.2) is 11.2 Å². The Labute approximate surface area is 101 Å². The van der Waals surface area contributed by atoms with Gasteiger partial charge in [0.15, 0.2) is 5.03 Å². The van der Waals surface area contributed by atoms with Crippen LogP contribution in [0.1, 0.15) is 19.2 Å². The summed E-state index contributed by atoms with van der Waals surface area (Å²) in [5, 5.41) is 0.165. The number of aromatic amines is 1. The molecule has 2 heterocycles. The number of nitrogens with one attached hydrogen (secondary N) is 1. The molecule has 1 fully saturated rings. The fourth-order valence-electron chi connectivity index (χ4n) is 2.01. The maximum absolute atomic E-state index is 12.3. The molecule has 1 saturated heterocycles. The fraction of sp³-hybridized carbons (Fsp3) is 0.700. The summed E-state index contributed by atoms with van der Waals surface area (Å²) < 4.78 is 26.0. The van der Waals surface area contributed by atoms with Gasteiger partial charge in [-0.25, -0.2) is 13.4 Å². The maximum atomic E-state index is 12.3. The third-order valence-corrected chi connectivity index (χ3v) is 5.01. The first kappa shape index (κ1) is 12.5. The summed E-state index contributed by atoms with van der Waals surface area (Å²) in [6, 6.07) is 0.0879. The molecule has 1 aromatic rings. The van der Waals surface area contributed by atoms with Crippen molar-refractivity contribution in [2.75, 3.05) is 13.1 Å². The van der Waals surface area contributed by atoms with Crippen molar-refractivity contribution in [1.82, 2.24) is 14.3 Å². The molecule has 0 radical (unpaired) electrons. The lowest BCUT2D eigenvalue weighted by Gasteiger charge is -2.33. The Morgan fingerprint density at radius 2 is 2.29 bits per heavy atom. The lowest BCUT2D eigenvalue weighted by Crippen LogP contribution is -2.48. The van der Waals surface area contributed by atoms with Gasteiger partial charge in [0.05, 0.1) is 6.20 Å². The average Bonchev–Trinajstić information content (AvgIpc) is 2.69. The Balaban J connectivity index is 2.22. The van der Waals surface area contributed by atoms with E-state index in [4.69, 9.17) is 5.73 Å². The van der Waals surface area contributed by atoms with Crippen LogP contribution < -0.4 is 5.73 Å². The number of piperidine rings is 1. The molecule has 3 N–H and O–H groups in total. The van der Waals surface area contributed by atoms with Gasteiger partial charge in [0, 0.05) is 19.1 Å². The van der Waals surface area contributed by atoms with Crippen molar-refractivity contribution >= 4 is 10.0 Å². The number of imidazole rings is 1. The molecule has 1 aliphatic heterocycles. The SMILES string of the molecule is Cc1ncc(S(=O)(=O)N2CCC(N)C(C)C2)[nH]1. The zero-order chi connectivity index (χ0) is 12.6. The van der Waals surface area contributed by atoms with Gasteiger partial charge >= 0.3 is 0 Å². The van der Waals surface area contributed by atoms with Gasteiger partial charge in [0.1, 0.15) is 5.82 Å². The number of H-pyrrole nitrogens is 1. The average molecular weight is 258 g/mol. The van der Waals surface area contributed by atoms with E-state index in [-0.39, 0.29) is 17.0 Å². The van der Waals surface area contributed by atoms with Crippen LogP contribution >= 0.6 is 0 Å². The van der Waals surface area contributed by atoms with Crippen molar-refractivity contribution in [2.24, 2.45) is 11.7 Å². The van der Waals surface area contributed by atoms with E-state index in [1.807, 2.05) is 6.92 Å². The van der Waals surface area contributed by atoms with Gasteiger partial charge in [-0.05, 0) is 19.3 Å². The van der Waals surface area contributed by atoms with E-state index < -0.39 is 10.0 Å². The number of sulfonamides is 1. The Bertz CT molecular complexity index is 496. The molecule has 0 spiro atoms. The minimum atomic E-state index is -3.44. The van der Waals surface area contributed by atoms with Crippen LogP contribution in [-0.4, -0.2) is 41.8 Å². The van der Waals surface area contributed by atoms with Crippen molar-refractivity contribution in [1.29, 1.82) is 0 Å². The highest BCUT2D eigenvalue weighted by molar-refractivity contribution is 7.89. The standard InChI is InChI=1S/C10H18N4O2S/c1-7-6-14(4-3-9(7)11)17(15,16)10-5-12-8(2)13-10/h5,7,9H,3-4,6,11H2,1-2H3,(H,12,13). The highest BCUT2D eigenvalue weighted by Crippen LogP contribution is 2.21. The van der Waals surface area contributed by atoms with Gasteiger partial charge < -0.3 is 10.7 Å². The molecule has 7 heteroatoms. The Morgan fingerprint density at radius 1 is 1.59 bits per heavy atom. The molecular weight excluding hydrogens is 240 g/mol. The fourth-order valence-corrected chi connectivity index (χ4v) is 3.53. The highest BCUT2D eigenvalue weighted by atomic mass is 32.2. The number of hydrogen-bond acceptors (Lipinski definition) is 4. The molecule has 0 aliphatic carbocycles. The van der Waals surface area contributed by atoms with E-state index in [9.17, 15) is 8.42 Å². The summed E-state index contributed by atoms with van der Waals surface area (Å²) in [5.74, 6) is 0.785. The molecule has 1 aliphatic rings. The second-order valence-electron chi connectivity index (χ2n) is 4.63. The molecule has 0 amide bonds. The van der Waals surface area contributed by atoms with E-state index in [2.05, 4.69) is 9.97 Å². The van der Waals surface area contributed by atoms with Gasteiger partial charge in [-0.1, -0.05) is 6.92 Å². The van der Waals surface area contributed by atoms with Crippen LogP contribution in [0, 0.1) is 12.8 Å². The minimum absolute atomic E-state index is 0.0879. The van der Waals surface area contributed by atoms with Gasteiger partial charge in [-0.2, -0.15) is 4.31 Å². The van der Waals surface area contributed by atoms with Crippen molar-refractivity contribution in [2.45, 2.75) is 31.3 Å². The Morgan fingerprint density at radius 3 is 2.82 bits per heavy atom. The van der Waals surface area contributed by atoms with E-state index in [1.165, 1.54) is 10.5 Å². The third-order valence-electron chi connectivity index (χ3n) is 3.23. The van der Waals surface area contributed by atoms with Gasteiger partial charge in [0.25, 0.3) is 10.0 Å². The normalized spacial score (nSPS) is 27.2. The summed E-state index contributed by atoms with van der Waals surface area (Å²) in [7, 11) is -3.44. The second kappa shape index (κ2) is 4.40. The topological polar surface area (TPSA) is 92.1 Å². The molecule has 6 nitrogen and oxygen atoms in total. The number of nitrogens with two attached hydrogens (primary N) is 1. The zero-order valence-electron chi connectivity index (χ0n) is 10.0. The van der Waals surface area contributed by atoms with Crippen molar-refractivity contribution in [3.05, 3.63) is 12.0 Å². The summed E-state index contributed by atoms with van der Waals surface area (Å²) in [6.45, 7) is 4.66. The second-order valence-corrected chi connectivity index (χ2v) is 6.53. The molecule has 1 aromatic heterocycles. The van der Waals surface area contributed by atoms with E-state index in [0.29, 0.717) is 25.3 Å². The predicted molar refractivity (Wildman–Crippen MR) is 63.8 cm³/mol. The number of nitrogens with zero attached hydrogens (tertiary/aromatic N) is 2. The maximum Gasteiger partial charge on any atom is 0.260 e. The van der Waals surface area contributed by atoms with Crippen LogP contribution in [0.4, 0.5) is 0 Å². The summed E-state index contributed by atoms with van der Waals surface area (Å²) in [6.07, 6.45) is 2.07. The Kier molecular flexibility index (Phi) is 3.24. The number of aryl methyl sites for hydroxylation is 1. The predicted octanol–water partition coefficient (Wildman–Crippen LogP) is 0.0759. The first-order valence-corrected chi connectivity index (χ1v) is 7.12. The van der Waals surface area contributed by atoms with Gasteiger partial charge in [-0.15, -0.1) is 0 Å². The molecule has 2 unspecified atom stereocenters. The molecule has 0 bridgehead atoms. The molecule has 0 saturated carbocycles. The van der Waals surface area contributed by atoms with E-state index in [1.54, 1.807) is 6.92 Å². The molecule has 2 atom stereocenters. The summed E-state index contributed by atoms with van der Waals surface area (Å²) >= 11 is 0. The monoisotopic (exact) mass is 258 g/mol. The van der Waals surface area contributed by atoms with Crippen LogP contribution in [0.25, 0.3) is 0 Å². The largest absolute Gasteiger partial charge is 0.332 e. The van der Waals surface area contributed by atoms with Crippen molar-refractivity contribution < 1.29 is 8.42 Å². The van der Waals surface area contributed by atoms with Crippen LogP contribution in [0.2, 0.25) is 0 Å². The lowest BCUT2D eigenvalue weighted by molar-refractivity contribution is 0.249. The molecule has 96 valence electrons. The van der Waals surface area contributed by atoms with E-state index >= 15 is 0 Å². The molecule has 0 aromatic carbocycles. The quantitative estimate of drug-likeness (QED) is 0.785. The highest BCUT2D eigenvalue weighted by Gasteiger charge is 2.32. The van der Waals surface area contributed by atoms with E-state index in [0.717, 1.165) is 0 Å². The minimum Gasteiger partial charge on any atom is -0.332 e. The van der Waals surface area contributed by atoms with Crippen LogP contribution in [0.3, 0.4) is 0 Å². The van der Waals surface area contributed by atoms with Crippen molar-refractivity contribution in [3.8, 4) is 0 Å². The number of hydrogen-bond donors (Lipinski definition) is 2. The third kappa shape index (κ3) is 2.36. The first-order chi connectivity index (χ1) is 7.91. The lowest BCUT2D eigenvalue weighted by atomic mass is 9.96. The number of rotatable bonds is 2. The number of aromatic nitrogens is 2. The smallest absolute Gasteiger partial charge is 0.260 e. The Hall–Kier alpha value is -0.920. The summed E-state index contributed by atoms with van der Waals surface area (Å²) in [5.41, 5.74) is 5.88. The molecule has 17 heavy (non-hydrogen) atoms.